The van der Waals surface area contributed by atoms with Gasteiger partial charge in [0.25, 0.3) is 5.91 Å². The van der Waals surface area contributed by atoms with Gasteiger partial charge in [0.1, 0.15) is 16.9 Å². The van der Waals surface area contributed by atoms with Gasteiger partial charge in [-0.15, -0.1) is 11.8 Å². The molecule has 0 aromatic heterocycles. The lowest BCUT2D eigenvalue weighted by atomic mass is 10.1. The molecule has 4 rings (SSSR count). The Morgan fingerprint density at radius 1 is 1.11 bits per heavy atom. The predicted molar refractivity (Wildman–Crippen MR) is 142 cm³/mol. The van der Waals surface area contributed by atoms with E-state index in [1.54, 1.807) is 24.1 Å². The lowest BCUT2D eigenvalue weighted by molar-refractivity contribution is -0.115. The molecule has 1 N–H and O–H groups in total. The molecular weight excluding hydrogens is 460 g/mol. The summed E-state index contributed by atoms with van der Waals surface area (Å²) in [6.45, 7) is 4.76. The van der Waals surface area contributed by atoms with Crippen LogP contribution >= 0.6 is 11.8 Å². The van der Waals surface area contributed by atoms with Gasteiger partial charge in [-0.1, -0.05) is 37.6 Å². The van der Waals surface area contributed by atoms with Gasteiger partial charge in [-0.3, -0.25) is 14.5 Å². The number of carbonyl (C=O) groups is 2. The molecule has 1 saturated heterocycles. The minimum atomic E-state index is -0.288. The molecule has 0 radical (unpaired) electrons. The Labute approximate surface area is 210 Å². The fraction of sp³-hybridized carbons (Fsp3) is 0.286. The number of nitrogens with one attached hydrogen (secondary N) is 1. The molecule has 0 aliphatic carbocycles. The van der Waals surface area contributed by atoms with Crippen LogP contribution < -0.4 is 19.7 Å². The van der Waals surface area contributed by atoms with E-state index in [1.165, 1.54) is 11.8 Å². The quantitative estimate of drug-likeness (QED) is 0.361. The SMILES string of the molecule is CCCCOc1ccc(C(=O)Nc2ccccc2C2SCC(=O)N2c2cc(C)ccc2OC)cc1. The van der Waals surface area contributed by atoms with Crippen molar-refractivity contribution in [3.63, 3.8) is 0 Å². The van der Waals surface area contributed by atoms with Gasteiger partial charge in [-0.25, -0.2) is 0 Å². The summed E-state index contributed by atoms with van der Waals surface area (Å²) in [4.78, 5) is 27.8. The highest BCUT2D eigenvalue weighted by Gasteiger charge is 2.37. The largest absolute Gasteiger partial charge is 0.495 e. The summed E-state index contributed by atoms with van der Waals surface area (Å²) < 4.78 is 11.3. The van der Waals surface area contributed by atoms with Gasteiger partial charge < -0.3 is 14.8 Å². The molecule has 0 saturated carbocycles. The van der Waals surface area contributed by atoms with Crippen molar-refractivity contribution < 1.29 is 19.1 Å². The van der Waals surface area contributed by atoms with Crippen LogP contribution in [-0.2, 0) is 4.79 Å². The molecule has 1 aliphatic heterocycles. The highest BCUT2D eigenvalue weighted by molar-refractivity contribution is 8.00. The van der Waals surface area contributed by atoms with Crippen molar-refractivity contribution >= 4 is 35.0 Å². The maximum absolute atomic E-state index is 13.1. The van der Waals surface area contributed by atoms with Crippen LogP contribution in [0.1, 0.15) is 46.6 Å². The summed E-state index contributed by atoms with van der Waals surface area (Å²) in [5, 5.41) is 2.75. The highest BCUT2D eigenvalue weighted by atomic mass is 32.2. The summed E-state index contributed by atoms with van der Waals surface area (Å²) in [6.07, 6.45) is 2.06. The van der Waals surface area contributed by atoms with Crippen LogP contribution in [0.3, 0.4) is 0 Å². The molecule has 182 valence electrons. The maximum Gasteiger partial charge on any atom is 0.255 e. The number of aryl methyl sites for hydroxylation is 1. The first-order valence-electron chi connectivity index (χ1n) is 11.7. The molecule has 2 amide bonds. The third-order valence-electron chi connectivity index (χ3n) is 5.82. The molecule has 0 spiro atoms. The van der Waals surface area contributed by atoms with Gasteiger partial charge in [-0.05, 0) is 61.4 Å². The normalized spacial score (nSPS) is 15.2. The monoisotopic (exact) mass is 490 g/mol. The second-order valence-electron chi connectivity index (χ2n) is 8.37. The van der Waals surface area contributed by atoms with Gasteiger partial charge in [0.15, 0.2) is 0 Å². The van der Waals surface area contributed by atoms with Gasteiger partial charge in [0, 0.05) is 16.8 Å². The molecule has 1 fully saturated rings. The Balaban J connectivity index is 1.58. The number of rotatable bonds is 9. The lowest BCUT2D eigenvalue weighted by Crippen LogP contribution is -2.29. The first-order valence-corrected chi connectivity index (χ1v) is 12.8. The molecule has 0 bridgehead atoms. The van der Waals surface area contributed by atoms with Crippen molar-refractivity contribution in [1.29, 1.82) is 0 Å². The van der Waals surface area contributed by atoms with E-state index in [0.29, 0.717) is 29.4 Å². The van der Waals surface area contributed by atoms with Crippen molar-refractivity contribution in [3.05, 3.63) is 83.4 Å². The standard InChI is InChI=1S/C28H30N2O4S/c1-4-5-16-34-21-13-11-20(12-14-21)27(32)29-23-9-7-6-8-22(23)28-30(26(31)18-35-28)24-17-19(2)10-15-25(24)33-3/h6-15,17,28H,4-5,16,18H2,1-3H3,(H,29,32). The number of amides is 2. The molecular formula is C28H30N2O4S. The van der Waals surface area contributed by atoms with Crippen LogP contribution in [0.4, 0.5) is 11.4 Å². The summed E-state index contributed by atoms with van der Waals surface area (Å²) in [5.41, 5.74) is 3.83. The second kappa shape index (κ2) is 11.3. The van der Waals surface area contributed by atoms with Gasteiger partial charge in [0.2, 0.25) is 5.91 Å². The third kappa shape index (κ3) is 5.62. The molecule has 6 nitrogen and oxygen atoms in total. The summed E-state index contributed by atoms with van der Waals surface area (Å²) in [7, 11) is 1.60. The Hall–Kier alpha value is -3.45. The molecule has 3 aromatic rings. The Bertz CT molecular complexity index is 1200. The zero-order valence-corrected chi connectivity index (χ0v) is 21.1. The smallest absolute Gasteiger partial charge is 0.255 e. The van der Waals surface area contributed by atoms with E-state index in [9.17, 15) is 9.59 Å². The van der Waals surface area contributed by atoms with Crippen LogP contribution in [0, 0.1) is 6.92 Å². The number of benzene rings is 3. The van der Waals surface area contributed by atoms with E-state index in [0.717, 1.165) is 35.4 Å². The van der Waals surface area contributed by atoms with Crippen molar-refractivity contribution in [2.45, 2.75) is 32.1 Å². The molecule has 1 heterocycles. The van der Waals surface area contributed by atoms with Gasteiger partial charge in [-0.2, -0.15) is 0 Å². The third-order valence-corrected chi connectivity index (χ3v) is 7.01. The minimum Gasteiger partial charge on any atom is -0.495 e. The maximum atomic E-state index is 13.1. The number of anilines is 2. The zero-order chi connectivity index (χ0) is 24.8. The van der Waals surface area contributed by atoms with Crippen molar-refractivity contribution in [2.75, 3.05) is 29.7 Å². The van der Waals surface area contributed by atoms with Crippen LogP contribution in [0.2, 0.25) is 0 Å². The van der Waals surface area contributed by atoms with Crippen LogP contribution in [-0.4, -0.2) is 31.3 Å². The number of nitrogens with zero attached hydrogens (tertiary/aromatic N) is 1. The number of unbranched alkanes of at least 4 members (excludes halogenated alkanes) is 1. The highest BCUT2D eigenvalue weighted by Crippen LogP contribution is 2.47. The molecule has 1 atom stereocenters. The number of hydrogen-bond acceptors (Lipinski definition) is 5. The van der Waals surface area contributed by atoms with Crippen molar-refractivity contribution in [2.24, 2.45) is 0 Å². The van der Waals surface area contributed by atoms with Gasteiger partial charge in [0.05, 0.1) is 25.2 Å². The average Bonchev–Trinajstić information content (AvgIpc) is 3.25. The Kier molecular flexibility index (Phi) is 7.98. The number of hydrogen-bond donors (Lipinski definition) is 1. The number of thioether (sulfide) groups is 1. The fourth-order valence-electron chi connectivity index (χ4n) is 3.96. The topological polar surface area (TPSA) is 67.9 Å². The second-order valence-corrected chi connectivity index (χ2v) is 9.44. The molecule has 1 unspecified atom stereocenters. The van der Waals surface area contributed by atoms with E-state index in [-0.39, 0.29) is 17.2 Å². The average molecular weight is 491 g/mol. The van der Waals surface area contributed by atoms with Crippen molar-refractivity contribution in [1.82, 2.24) is 0 Å². The van der Waals surface area contributed by atoms with Crippen molar-refractivity contribution in [3.8, 4) is 11.5 Å². The predicted octanol–water partition coefficient (Wildman–Crippen LogP) is 6.21. The first-order chi connectivity index (χ1) is 17.0. The zero-order valence-electron chi connectivity index (χ0n) is 20.2. The lowest BCUT2D eigenvalue weighted by Gasteiger charge is -2.27. The molecule has 3 aromatic carbocycles. The van der Waals surface area contributed by atoms with Crippen LogP contribution in [0.15, 0.2) is 66.7 Å². The minimum absolute atomic E-state index is 0.00342. The van der Waals surface area contributed by atoms with E-state index in [2.05, 4.69) is 12.2 Å². The summed E-state index contributed by atoms with van der Waals surface area (Å²) in [5.74, 6) is 1.53. The van der Waals surface area contributed by atoms with Gasteiger partial charge >= 0.3 is 0 Å². The molecule has 35 heavy (non-hydrogen) atoms. The summed E-state index contributed by atoms with van der Waals surface area (Å²) >= 11 is 1.53. The summed E-state index contributed by atoms with van der Waals surface area (Å²) in [6, 6.07) is 20.6. The van der Waals surface area contributed by atoms with E-state index >= 15 is 0 Å². The number of ether oxygens (including phenoxy) is 2. The fourth-order valence-corrected chi connectivity index (χ4v) is 5.17. The van der Waals surface area contributed by atoms with E-state index in [1.807, 2.05) is 61.5 Å². The first kappa shape index (κ1) is 24.7. The Morgan fingerprint density at radius 2 is 1.89 bits per heavy atom. The number of methoxy groups -OCH3 is 1. The van der Waals surface area contributed by atoms with E-state index in [4.69, 9.17) is 9.47 Å². The van der Waals surface area contributed by atoms with Crippen LogP contribution in [0.25, 0.3) is 0 Å². The number of carbonyl (C=O) groups excluding carboxylic acids is 2. The molecule has 7 heteroatoms. The Morgan fingerprint density at radius 3 is 2.63 bits per heavy atom. The molecule has 1 aliphatic rings. The number of para-hydroxylation sites is 1. The van der Waals surface area contributed by atoms with E-state index < -0.39 is 0 Å². The van der Waals surface area contributed by atoms with Crippen LogP contribution in [0.5, 0.6) is 11.5 Å².